The highest BCUT2D eigenvalue weighted by molar-refractivity contribution is 7.90. The van der Waals surface area contributed by atoms with Gasteiger partial charge in [0.1, 0.15) is 5.41 Å². The number of methoxy groups -OCH3 is 1. The number of nitrogens with zero attached hydrogens (tertiary/aromatic N) is 2. The largest absolute Gasteiger partial charge is 0.466 e. The van der Waals surface area contributed by atoms with Crippen LogP contribution in [0.5, 0.6) is 0 Å². The van der Waals surface area contributed by atoms with E-state index in [0.717, 1.165) is 5.56 Å². The van der Waals surface area contributed by atoms with E-state index in [0.29, 0.717) is 16.8 Å². The van der Waals surface area contributed by atoms with Crippen molar-refractivity contribution in [1.29, 1.82) is 0 Å². The third-order valence-electron chi connectivity index (χ3n) is 7.47. The summed E-state index contributed by atoms with van der Waals surface area (Å²) in [6.45, 7) is 0. The van der Waals surface area contributed by atoms with Gasteiger partial charge in [0.2, 0.25) is 5.91 Å². The van der Waals surface area contributed by atoms with Gasteiger partial charge < -0.3 is 9.64 Å². The number of esters is 1. The van der Waals surface area contributed by atoms with Gasteiger partial charge in [-0.25, -0.2) is 4.79 Å². The molecule has 180 valence electrons. The minimum atomic E-state index is -3.97. The summed E-state index contributed by atoms with van der Waals surface area (Å²) in [6, 6.07) is 23.4. The van der Waals surface area contributed by atoms with Crippen molar-refractivity contribution in [2.24, 2.45) is 10.3 Å². The minimum absolute atomic E-state index is 0.0977. The van der Waals surface area contributed by atoms with Gasteiger partial charge in [-0.3, -0.25) is 4.79 Å². The number of hydrogen-bond acceptors (Lipinski definition) is 5. The van der Waals surface area contributed by atoms with Crippen LogP contribution in [0.3, 0.4) is 0 Å². The Balaban J connectivity index is 1.73. The maximum Gasteiger partial charge on any atom is 0.334 e. The highest BCUT2D eigenvalue weighted by Gasteiger charge is 2.66. The van der Waals surface area contributed by atoms with Crippen molar-refractivity contribution in [3.05, 3.63) is 107 Å². The first kappa shape index (κ1) is 22.4. The Kier molecular flexibility index (Phi) is 4.82. The molecule has 3 aliphatic rings. The number of likely N-dealkylation sites (N-methyl/N-ethyl adjacent to an activating group) is 1. The number of rotatable bonds is 3. The van der Waals surface area contributed by atoms with E-state index in [9.17, 15) is 18.0 Å². The second-order valence-corrected chi connectivity index (χ2v) is 10.7. The fourth-order valence-electron chi connectivity index (χ4n) is 6.03. The predicted octanol–water partition coefficient (Wildman–Crippen LogP) is 3.61. The Morgan fingerprint density at radius 2 is 1.64 bits per heavy atom. The smallest absolute Gasteiger partial charge is 0.334 e. The first-order valence-corrected chi connectivity index (χ1v) is 12.9. The van der Waals surface area contributed by atoms with Gasteiger partial charge >= 0.3 is 5.97 Å². The van der Waals surface area contributed by atoms with Gasteiger partial charge in [0.15, 0.2) is 0 Å². The summed E-state index contributed by atoms with van der Waals surface area (Å²) in [5.41, 5.74) is 1.52. The molecule has 0 fully saturated rings. The van der Waals surface area contributed by atoms with E-state index in [2.05, 4.69) is 4.40 Å². The van der Waals surface area contributed by atoms with Crippen LogP contribution < -0.4 is 4.90 Å². The fourth-order valence-corrected chi connectivity index (χ4v) is 7.30. The van der Waals surface area contributed by atoms with Crippen molar-refractivity contribution < 1.29 is 22.7 Å². The number of allylic oxidation sites excluding steroid dienone is 1. The van der Waals surface area contributed by atoms with Crippen molar-refractivity contribution in [1.82, 2.24) is 0 Å². The molecule has 3 aromatic rings. The van der Waals surface area contributed by atoms with Crippen LogP contribution in [0.25, 0.3) is 0 Å². The zero-order valence-electron chi connectivity index (χ0n) is 19.6. The van der Waals surface area contributed by atoms with Gasteiger partial charge in [-0.2, -0.15) is 12.8 Å². The number of anilines is 1. The SMILES string of the molecule is COC(=O)C1=C[C@@H](c2ccccc2)[C@H](C2=NS(=O)(=O)c3ccccc32)[C@]12C(=O)N(C)c1ccccc12. The lowest BCUT2D eigenvalue weighted by Gasteiger charge is -2.35. The van der Waals surface area contributed by atoms with Crippen molar-refractivity contribution in [2.45, 2.75) is 16.2 Å². The molecule has 3 atom stereocenters. The number of sulfonamides is 1. The molecular formula is C28H22N2O5S. The molecule has 0 saturated heterocycles. The molecule has 2 heterocycles. The Labute approximate surface area is 208 Å². The van der Waals surface area contributed by atoms with E-state index in [1.165, 1.54) is 18.1 Å². The molecule has 1 spiro atoms. The quantitative estimate of drug-likeness (QED) is 0.515. The van der Waals surface area contributed by atoms with E-state index in [4.69, 9.17) is 4.74 Å². The van der Waals surface area contributed by atoms with E-state index < -0.39 is 33.2 Å². The number of amides is 1. The summed E-state index contributed by atoms with van der Waals surface area (Å²) in [5.74, 6) is -2.27. The molecule has 0 unspecified atom stereocenters. The third-order valence-corrected chi connectivity index (χ3v) is 8.82. The molecule has 0 aromatic heterocycles. The molecule has 7 nitrogen and oxygen atoms in total. The zero-order valence-corrected chi connectivity index (χ0v) is 20.4. The number of carbonyl (C=O) groups excluding carboxylic acids is 2. The molecule has 36 heavy (non-hydrogen) atoms. The van der Waals surface area contributed by atoms with Gasteiger partial charge in [0.25, 0.3) is 10.0 Å². The molecule has 0 bridgehead atoms. The van der Waals surface area contributed by atoms with Crippen molar-refractivity contribution in [2.75, 3.05) is 19.1 Å². The van der Waals surface area contributed by atoms with Crippen LogP contribution in [0, 0.1) is 5.92 Å². The summed E-state index contributed by atoms with van der Waals surface area (Å²) in [5, 5.41) is 0. The Morgan fingerprint density at radius 1 is 0.972 bits per heavy atom. The lowest BCUT2D eigenvalue weighted by Crippen LogP contribution is -2.49. The summed E-state index contributed by atoms with van der Waals surface area (Å²) in [4.78, 5) is 29.3. The van der Waals surface area contributed by atoms with Gasteiger partial charge in [0.05, 0.1) is 23.3 Å². The summed E-state index contributed by atoms with van der Waals surface area (Å²) in [7, 11) is -1.03. The minimum Gasteiger partial charge on any atom is -0.466 e. The molecule has 0 radical (unpaired) electrons. The zero-order chi connectivity index (χ0) is 25.2. The number of hydrogen-bond donors (Lipinski definition) is 0. The van der Waals surface area contributed by atoms with Crippen LogP contribution in [-0.2, 0) is 29.8 Å². The lowest BCUT2D eigenvalue weighted by atomic mass is 9.63. The first-order chi connectivity index (χ1) is 17.3. The standard InChI is InChI=1S/C28H22N2O5S/c1-30-22-14-8-7-13-20(22)28(27(30)32)21(26(31)35-2)16-19(17-10-4-3-5-11-17)24(28)25-18-12-6-9-15-23(18)36(33,34)29-25/h3-16,19,24H,1-2H3/t19-,24+,28+/m0/s1. The molecule has 1 amide bonds. The molecular weight excluding hydrogens is 476 g/mol. The van der Waals surface area contributed by atoms with Crippen molar-refractivity contribution >= 4 is 33.3 Å². The molecule has 2 aliphatic heterocycles. The number of carbonyl (C=O) groups is 2. The van der Waals surface area contributed by atoms with Crippen LogP contribution in [0.2, 0.25) is 0 Å². The number of benzene rings is 3. The maximum absolute atomic E-state index is 14.3. The predicted molar refractivity (Wildman–Crippen MR) is 134 cm³/mol. The van der Waals surface area contributed by atoms with Crippen LogP contribution in [0.4, 0.5) is 5.69 Å². The number of para-hydroxylation sites is 1. The highest BCUT2D eigenvalue weighted by atomic mass is 32.2. The summed E-state index contributed by atoms with van der Waals surface area (Å²) < 4.78 is 35.7. The average molecular weight is 499 g/mol. The third kappa shape index (κ3) is 2.79. The van der Waals surface area contributed by atoms with Gasteiger partial charge in [0, 0.05) is 30.1 Å². The first-order valence-electron chi connectivity index (χ1n) is 11.5. The summed E-state index contributed by atoms with van der Waals surface area (Å²) >= 11 is 0. The molecule has 0 N–H and O–H groups in total. The highest BCUT2D eigenvalue weighted by Crippen LogP contribution is 2.60. The van der Waals surface area contributed by atoms with Crippen LogP contribution >= 0.6 is 0 Å². The average Bonchev–Trinajstić information content (AvgIpc) is 3.47. The Morgan fingerprint density at radius 3 is 2.39 bits per heavy atom. The Hall–Kier alpha value is -4.04. The van der Waals surface area contributed by atoms with Gasteiger partial charge in [-0.1, -0.05) is 72.8 Å². The second kappa shape index (κ2) is 7.73. The van der Waals surface area contributed by atoms with Crippen molar-refractivity contribution in [3.8, 4) is 0 Å². The van der Waals surface area contributed by atoms with Crippen LogP contribution in [-0.4, -0.2) is 40.2 Å². The second-order valence-electron chi connectivity index (χ2n) is 9.12. The van der Waals surface area contributed by atoms with Crippen LogP contribution in [0.1, 0.15) is 22.6 Å². The molecule has 8 heteroatoms. The molecule has 6 rings (SSSR count). The van der Waals surface area contributed by atoms with Gasteiger partial charge in [-0.05, 0) is 23.3 Å². The number of ether oxygens (including phenoxy) is 1. The van der Waals surface area contributed by atoms with Gasteiger partial charge in [-0.15, -0.1) is 0 Å². The monoisotopic (exact) mass is 498 g/mol. The molecule has 1 aliphatic carbocycles. The van der Waals surface area contributed by atoms with E-state index >= 15 is 0 Å². The van der Waals surface area contributed by atoms with E-state index in [1.807, 2.05) is 54.6 Å². The molecule has 3 aromatic carbocycles. The summed E-state index contributed by atoms with van der Waals surface area (Å²) in [6.07, 6.45) is 1.76. The van der Waals surface area contributed by atoms with E-state index in [-0.39, 0.29) is 22.1 Å². The Bertz CT molecular complexity index is 1610. The van der Waals surface area contributed by atoms with Crippen molar-refractivity contribution in [3.63, 3.8) is 0 Å². The number of fused-ring (bicyclic) bond motifs is 3. The fraction of sp³-hybridized carbons (Fsp3) is 0.179. The normalized spacial score (nSPS) is 25.4. The van der Waals surface area contributed by atoms with Crippen LogP contribution in [0.15, 0.2) is 99.8 Å². The lowest BCUT2D eigenvalue weighted by molar-refractivity contribution is -0.138. The van der Waals surface area contributed by atoms with E-state index in [1.54, 1.807) is 31.3 Å². The molecule has 0 saturated carbocycles. The maximum atomic E-state index is 14.3. The topological polar surface area (TPSA) is 93.1 Å².